The Morgan fingerprint density at radius 3 is 2.10 bits per heavy atom. The molecular weight excluding hydrogens is 685 g/mol. The average Bonchev–Trinajstić information content (AvgIpc) is 3.09. The van der Waals surface area contributed by atoms with Crippen molar-refractivity contribution >= 4 is 50.7 Å². The van der Waals surface area contributed by atoms with Gasteiger partial charge in [0.05, 0.1) is 34.8 Å². The highest BCUT2D eigenvalue weighted by atomic mass is 35.5. The molecule has 2 amide bonds. The van der Waals surface area contributed by atoms with Crippen molar-refractivity contribution in [1.82, 2.24) is 10.2 Å². The van der Waals surface area contributed by atoms with Crippen molar-refractivity contribution in [2.45, 2.75) is 44.7 Å². The number of rotatable bonds is 15. The minimum absolute atomic E-state index is 0.00719. The number of sulfonamides is 1. The third-order valence-corrected chi connectivity index (χ3v) is 10.4. The van der Waals surface area contributed by atoms with Gasteiger partial charge in [0, 0.05) is 25.6 Å². The van der Waals surface area contributed by atoms with Gasteiger partial charge in [-0.15, -0.1) is 0 Å². The van der Waals surface area contributed by atoms with Gasteiger partial charge in [-0.1, -0.05) is 91.1 Å². The van der Waals surface area contributed by atoms with E-state index in [4.69, 9.17) is 32.7 Å². The first-order chi connectivity index (χ1) is 23.3. The largest absolute Gasteiger partial charge is 0.493 e. The number of anilines is 1. The Labute approximate surface area is 298 Å². The summed E-state index contributed by atoms with van der Waals surface area (Å²) in [6, 6.07) is 24.3. The van der Waals surface area contributed by atoms with E-state index in [0.717, 1.165) is 15.4 Å². The fraction of sp³-hybridized carbons (Fsp3) is 0.297. The van der Waals surface area contributed by atoms with Crippen molar-refractivity contribution in [2.24, 2.45) is 5.92 Å². The highest BCUT2D eigenvalue weighted by Crippen LogP contribution is 2.34. The zero-order valence-electron chi connectivity index (χ0n) is 28.2. The van der Waals surface area contributed by atoms with Gasteiger partial charge in [0.25, 0.3) is 10.0 Å². The van der Waals surface area contributed by atoms with Gasteiger partial charge in [-0.25, -0.2) is 8.42 Å². The van der Waals surface area contributed by atoms with E-state index in [1.54, 1.807) is 42.5 Å². The van der Waals surface area contributed by atoms with Crippen LogP contribution in [0.5, 0.6) is 11.5 Å². The van der Waals surface area contributed by atoms with E-state index in [1.807, 2.05) is 51.1 Å². The number of benzene rings is 4. The lowest BCUT2D eigenvalue weighted by molar-refractivity contribution is -0.140. The minimum atomic E-state index is -4.31. The molecule has 1 unspecified atom stereocenters. The summed E-state index contributed by atoms with van der Waals surface area (Å²) in [7, 11) is -1.39. The molecule has 0 fully saturated rings. The Kier molecular flexibility index (Phi) is 13.0. The van der Waals surface area contributed by atoms with Crippen LogP contribution in [0.3, 0.4) is 0 Å². The Morgan fingerprint density at radius 2 is 1.49 bits per heavy atom. The molecule has 4 aromatic carbocycles. The fourth-order valence-electron chi connectivity index (χ4n) is 5.16. The molecule has 0 aliphatic heterocycles. The lowest BCUT2D eigenvalue weighted by Gasteiger charge is -2.34. The maximum atomic E-state index is 14.7. The molecule has 0 aliphatic rings. The van der Waals surface area contributed by atoms with E-state index in [9.17, 15) is 18.0 Å². The third kappa shape index (κ3) is 9.68. The number of nitrogens with one attached hydrogen (secondary N) is 1. The third-order valence-electron chi connectivity index (χ3n) is 7.84. The lowest BCUT2D eigenvalue weighted by atomic mass is 10.0. The van der Waals surface area contributed by atoms with Gasteiger partial charge in [-0.05, 0) is 60.4 Å². The fourth-order valence-corrected chi connectivity index (χ4v) is 6.88. The predicted octanol–water partition coefficient (Wildman–Crippen LogP) is 6.93. The Balaban J connectivity index is 1.85. The number of aryl methyl sites for hydroxylation is 1. The topological polar surface area (TPSA) is 105 Å². The highest BCUT2D eigenvalue weighted by molar-refractivity contribution is 7.92. The van der Waals surface area contributed by atoms with E-state index in [1.165, 1.54) is 37.3 Å². The maximum Gasteiger partial charge on any atom is 0.264 e. The summed E-state index contributed by atoms with van der Waals surface area (Å²) in [5.41, 5.74) is 2.47. The lowest BCUT2D eigenvalue weighted by Crippen LogP contribution is -2.53. The molecule has 260 valence electrons. The van der Waals surface area contributed by atoms with Crippen LogP contribution in [0.2, 0.25) is 10.0 Å². The summed E-state index contributed by atoms with van der Waals surface area (Å²) in [6.45, 7) is 5.51. The normalized spacial score (nSPS) is 11.9. The molecule has 1 N–H and O–H groups in total. The molecule has 0 heterocycles. The van der Waals surface area contributed by atoms with E-state index < -0.39 is 28.5 Å². The van der Waals surface area contributed by atoms with Gasteiger partial charge in [0.1, 0.15) is 12.6 Å². The summed E-state index contributed by atoms with van der Waals surface area (Å²) in [4.78, 5) is 30.0. The van der Waals surface area contributed by atoms with Crippen LogP contribution >= 0.6 is 23.2 Å². The van der Waals surface area contributed by atoms with E-state index in [0.29, 0.717) is 22.9 Å². The molecule has 4 rings (SSSR count). The second kappa shape index (κ2) is 16.9. The number of amides is 2. The van der Waals surface area contributed by atoms with E-state index >= 15 is 0 Å². The number of ether oxygens (including phenoxy) is 2. The first-order valence-electron chi connectivity index (χ1n) is 15.7. The second-order valence-corrected chi connectivity index (χ2v) is 14.7. The van der Waals surface area contributed by atoms with Crippen LogP contribution in [0.25, 0.3) is 0 Å². The van der Waals surface area contributed by atoms with Gasteiger partial charge in [0.15, 0.2) is 11.5 Å². The number of carbonyl (C=O) groups is 2. The van der Waals surface area contributed by atoms with Gasteiger partial charge in [-0.3, -0.25) is 13.9 Å². The maximum absolute atomic E-state index is 14.7. The SMILES string of the molecule is COc1ccc(N(CC(=O)N(Cc2ccc(Cl)c(Cl)c2)C(Cc2ccccc2)C(=O)NCC(C)C)S(=O)(=O)c2ccc(C)cc2)cc1OC. The number of carbonyl (C=O) groups excluding carboxylic acids is 2. The van der Waals surface area contributed by atoms with Gasteiger partial charge >= 0.3 is 0 Å². The van der Waals surface area contributed by atoms with Crippen LogP contribution in [-0.4, -0.2) is 58.5 Å². The van der Waals surface area contributed by atoms with Crippen molar-refractivity contribution in [3.63, 3.8) is 0 Å². The van der Waals surface area contributed by atoms with Crippen LogP contribution in [0.1, 0.15) is 30.5 Å². The van der Waals surface area contributed by atoms with E-state index in [2.05, 4.69) is 5.32 Å². The average molecular weight is 727 g/mol. The summed E-state index contributed by atoms with van der Waals surface area (Å²) in [6.07, 6.45) is 0.179. The van der Waals surface area contributed by atoms with Gasteiger partial charge in [-0.2, -0.15) is 0 Å². The molecule has 1 atom stereocenters. The Hall–Kier alpha value is -4.25. The molecule has 0 bridgehead atoms. The molecular formula is C37H41Cl2N3O6S. The molecule has 9 nitrogen and oxygen atoms in total. The first-order valence-corrected chi connectivity index (χ1v) is 17.9. The van der Waals surface area contributed by atoms with Crippen molar-refractivity contribution in [1.29, 1.82) is 0 Å². The number of nitrogens with zero attached hydrogens (tertiary/aromatic N) is 2. The monoisotopic (exact) mass is 725 g/mol. The van der Waals surface area contributed by atoms with Crippen LogP contribution in [-0.2, 0) is 32.6 Å². The number of hydrogen-bond donors (Lipinski definition) is 1. The minimum Gasteiger partial charge on any atom is -0.493 e. The van der Waals surface area contributed by atoms with Crippen molar-refractivity contribution in [2.75, 3.05) is 31.6 Å². The molecule has 49 heavy (non-hydrogen) atoms. The predicted molar refractivity (Wildman–Crippen MR) is 194 cm³/mol. The molecule has 0 radical (unpaired) electrons. The molecule has 12 heteroatoms. The molecule has 0 saturated heterocycles. The number of halogens is 2. The molecule has 0 aromatic heterocycles. The van der Waals surface area contributed by atoms with Crippen LogP contribution in [0.15, 0.2) is 95.9 Å². The summed E-state index contributed by atoms with van der Waals surface area (Å²) >= 11 is 12.6. The summed E-state index contributed by atoms with van der Waals surface area (Å²) < 4.78 is 40.6. The molecule has 4 aromatic rings. The van der Waals surface area contributed by atoms with Crippen molar-refractivity contribution in [3.8, 4) is 11.5 Å². The molecule has 0 spiro atoms. The van der Waals surface area contributed by atoms with Crippen LogP contribution in [0.4, 0.5) is 5.69 Å². The summed E-state index contributed by atoms with van der Waals surface area (Å²) in [5, 5.41) is 3.59. The first kappa shape index (κ1) is 37.6. The Morgan fingerprint density at radius 1 is 0.816 bits per heavy atom. The number of hydrogen-bond acceptors (Lipinski definition) is 6. The quantitative estimate of drug-likeness (QED) is 0.143. The zero-order valence-corrected chi connectivity index (χ0v) is 30.5. The number of methoxy groups -OCH3 is 2. The van der Waals surface area contributed by atoms with Crippen molar-refractivity contribution in [3.05, 3.63) is 118 Å². The summed E-state index contributed by atoms with van der Waals surface area (Å²) in [5.74, 6) is -0.168. The van der Waals surface area contributed by atoms with Gasteiger partial charge < -0.3 is 19.7 Å². The highest BCUT2D eigenvalue weighted by Gasteiger charge is 2.35. The molecule has 0 aliphatic carbocycles. The van der Waals surface area contributed by atoms with Crippen LogP contribution < -0.4 is 19.1 Å². The van der Waals surface area contributed by atoms with Gasteiger partial charge in [0.2, 0.25) is 11.8 Å². The van der Waals surface area contributed by atoms with E-state index in [-0.39, 0.29) is 46.1 Å². The molecule has 0 saturated carbocycles. The second-order valence-electron chi connectivity index (χ2n) is 12.0. The zero-order chi connectivity index (χ0) is 35.7. The Bertz CT molecular complexity index is 1850. The van der Waals surface area contributed by atoms with Crippen molar-refractivity contribution < 1.29 is 27.5 Å². The van der Waals surface area contributed by atoms with Crippen LogP contribution in [0, 0.1) is 12.8 Å². The smallest absolute Gasteiger partial charge is 0.264 e. The standard InChI is InChI=1S/C37H41Cl2N3O6S/c1-25(2)22-40-37(44)33(20-27-9-7-6-8-10-27)41(23-28-13-17-31(38)32(39)19-28)36(43)24-42(29-14-18-34(47-4)35(21-29)48-5)49(45,46)30-15-11-26(3)12-16-30/h6-19,21,25,33H,20,22-24H2,1-5H3,(H,40,44).